The van der Waals surface area contributed by atoms with Gasteiger partial charge in [0.1, 0.15) is 11.8 Å². The first-order valence-corrected chi connectivity index (χ1v) is 15.3. The largest absolute Gasteiger partial charge is 0.493 e. The number of aromatic nitrogens is 1. The van der Waals surface area contributed by atoms with Crippen molar-refractivity contribution in [3.63, 3.8) is 0 Å². The van der Waals surface area contributed by atoms with Crippen LogP contribution in [0.25, 0.3) is 22.0 Å². The molecule has 0 bridgehead atoms. The molecule has 5 rings (SSSR count). The molecule has 230 valence electrons. The van der Waals surface area contributed by atoms with Crippen LogP contribution in [0.3, 0.4) is 0 Å². The first-order chi connectivity index (χ1) is 22.1. The monoisotopic (exact) mass is 762 g/mol. The van der Waals surface area contributed by atoms with E-state index in [9.17, 15) is 19.6 Å². The molecule has 46 heavy (non-hydrogen) atoms. The maximum absolute atomic E-state index is 13.5. The van der Waals surface area contributed by atoms with Crippen molar-refractivity contribution in [3.05, 3.63) is 109 Å². The zero-order valence-corrected chi connectivity index (χ0v) is 27.9. The number of aromatic amines is 1. The summed E-state index contributed by atoms with van der Waals surface area (Å²) in [5.74, 6) is -1.44. The minimum absolute atomic E-state index is 0.121. The highest BCUT2D eigenvalue weighted by molar-refractivity contribution is 9.11. The molecule has 0 saturated heterocycles. The number of hydrazone groups is 1. The molecule has 4 aromatic carbocycles. The van der Waals surface area contributed by atoms with Gasteiger partial charge < -0.3 is 19.2 Å². The highest BCUT2D eigenvalue weighted by Gasteiger charge is 2.23. The molecule has 1 amide bonds. The number of carbonyl (C=O) groups is 3. The number of fused-ring (bicyclic) bond motifs is 1. The Labute approximate surface area is 284 Å². The Hall–Kier alpha value is -4.96. The van der Waals surface area contributed by atoms with Crippen LogP contribution in [0, 0.1) is 11.3 Å². The summed E-state index contributed by atoms with van der Waals surface area (Å²) in [6.07, 6.45) is 1.32. The Balaban J connectivity index is 1.45. The lowest BCUT2D eigenvalue weighted by molar-refractivity contribution is -0.132. The van der Waals surface area contributed by atoms with Crippen molar-refractivity contribution >= 4 is 78.4 Å². The molecule has 0 aliphatic carbocycles. The molecular formula is C33H21Br2ClN4O6. The maximum Gasteiger partial charge on any atom is 0.343 e. The van der Waals surface area contributed by atoms with Crippen molar-refractivity contribution in [2.45, 2.75) is 6.92 Å². The molecule has 0 fully saturated rings. The summed E-state index contributed by atoms with van der Waals surface area (Å²) >= 11 is 13.3. The Bertz CT molecular complexity index is 2100. The van der Waals surface area contributed by atoms with Crippen LogP contribution < -0.4 is 19.6 Å². The molecule has 0 aliphatic heterocycles. The number of carbonyl (C=O) groups excluding carboxylic acids is 3. The first kappa shape index (κ1) is 32.4. The van der Waals surface area contributed by atoms with E-state index in [1.165, 1.54) is 38.4 Å². The Morgan fingerprint density at radius 2 is 1.78 bits per heavy atom. The number of nitrogens with one attached hydrogen (secondary N) is 2. The predicted octanol–water partition coefficient (Wildman–Crippen LogP) is 7.80. The first-order valence-electron chi connectivity index (χ1n) is 13.3. The summed E-state index contributed by atoms with van der Waals surface area (Å²) in [6, 6.07) is 21.9. The molecular weight excluding hydrogens is 744 g/mol. The van der Waals surface area contributed by atoms with Gasteiger partial charge in [0.15, 0.2) is 17.2 Å². The van der Waals surface area contributed by atoms with Crippen molar-refractivity contribution in [2.75, 3.05) is 7.11 Å². The summed E-state index contributed by atoms with van der Waals surface area (Å²) < 4.78 is 17.1. The highest BCUT2D eigenvalue weighted by Crippen LogP contribution is 2.38. The van der Waals surface area contributed by atoms with Gasteiger partial charge in [0.25, 0.3) is 5.91 Å². The third kappa shape index (κ3) is 6.82. The molecule has 0 radical (unpaired) electrons. The quantitative estimate of drug-likeness (QED) is 0.0711. The topological polar surface area (TPSA) is 143 Å². The van der Waals surface area contributed by atoms with Crippen LogP contribution in [0.1, 0.15) is 38.9 Å². The molecule has 13 heteroatoms. The van der Waals surface area contributed by atoms with E-state index in [4.69, 9.17) is 25.8 Å². The second-order valence-corrected chi connectivity index (χ2v) is 11.7. The number of nitriles is 1. The summed E-state index contributed by atoms with van der Waals surface area (Å²) in [5, 5.41) is 14.9. The number of para-hydroxylation sites is 1. The van der Waals surface area contributed by atoms with Gasteiger partial charge in [0.2, 0.25) is 0 Å². The summed E-state index contributed by atoms with van der Waals surface area (Å²) in [7, 11) is 1.38. The van der Waals surface area contributed by atoms with Crippen molar-refractivity contribution in [3.8, 4) is 34.4 Å². The molecule has 0 spiro atoms. The van der Waals surface area contributed by atoms with Crippen molar-refractivity contribution in [1.82, 2.24) is 10.4 Å². The van der Waals surface area contributed by atoms with Crippen molar-refractivity contribution in [2.24, 2.45) is 5.10 Å². The number of esters is 2. The molecule has 1 aromatic heterocycles. The second-order valence-electron chi connectivity index (χ2n) is 9.55. The van der Waals surface area contributed by atoms with E-state index in [0.29, 0.717) is 47.1 Å². The van der Waals surface area contributed by atoms with Crippen molar-refractivity contribution in [1.29, 1.82) is 5.26 Å². The van der Waals surface area contributed by atoms with Crippen LogP contribution in [0.4, 0.5) is 0 Å². The maximum atomic E-state index is 13.5. The normalized spacial score (nSPS) is 10.9. The SMILES string of the molecule is COc1cc(C(=O)Oc2c(Br)cc(Br)cc2C=NNC(=O)c2[nH]c3c(C#N)cccc3c2-c2ccccc2Cl)ccc1OC(C)=O. The number of hydrogen-bond donors (Lipinski definition) is 2. The van der Waals surface area contributed by atoms with Crippen molar-refractivity contribution < 1.29 is 28.6 Å². The summed E-state index contributed by atoms with van der Waals surface area (Å²) in [6.45, 7) is 1.25. The minimum atomic E-state index is -0.731. The van der Waals surface area contributed by atoms with Gasteiger partial charge in [-0.05, 0) is 58.4 Å². The number of methoxy groups -OCH3 is 1. The number of amides is 1. The molecule has 0 saturated carbocycles. The molecule has 0 atom stereocenters. The van der Waals surface area contributed by atoms with Gasteiger partial charge in [-0.2, -0.15) is 10.4 Å². The van der Waals surface area contributed by atoms with Crippen LogP contribution in [0.5, 0.6) is 17.2 Å². The number of halogens is 3. The van der Waals surface area contributed by atoms with Gasteiger partial charge in [0.05, 0.1) is 34.4 Å². The summed E-state index contributed by atoms with van der Waals surface area (Å²) in [5.41, 5.74) is 5.08. The Morgan fingerprint density at radius 3 is 2.50 bits per heavy atom. The number of nitrogens with zero attached hydrogens (tertiary/aromatic N) is 2. The third-order valence-corrected chi connectivity index (χ3v) is 7.96. The van der Waals surface area contributed by atoms with E-state index in [1.54, 1.807) is 54.6 Å². The predicted molar refractivity (Wildman–Crippen MR) is 180 cm³/mol. The van der Waals surface area contributed by atoms with E-state index < -0.39 is 17.8 Å². The average molecular weight is 765 g/mol. The zero-order chi connectivity index (χ0) is 33.0. The third-order valence-electron chi connectivity index (χ3n) is 6.58. The number of ether oxygens (including phenoxy) is 3. The smallest absolute Gasteiger partial charge is 0.343 e. The van der Waals surface area contributed by atoms with Gasteiger partial charge >= 0.3 is 11.9 Å². The standard InChI is InChI=1S/C33H21Br2ClN4O6/c1-17(41)45-26-11-10-18(13-27(26)44-2)33(43)46-31-20(12-21(34)14-24(31)35)16-38-40-32(42)30-28(22-7-3-4-9-25(22)36)23-8-5-6-19(15-37)29(23)39-30/h3-14,16,39H,1-2H3,(H,40,42). The average Bonchev–Trinajstić information content (AvgIpc) is 3.42. The fourth-order valence-corrected chi connectivity index (χ4v) is 6.18. The number of hydrogen-bond acceptors (Lipinski definition) is 8. The van der Waals surface area contributed by atoms with E-state index in [1.807, 2.05) is 0 Å². The van der Waals surface area contributed by atoms with E-state index in [0.717, 1.165) is 0 Å². The van der Waals surface area contributed by atoms with Gasteiger partial charge in [-0.25, -0.2) is 10.2 Å². The van der Waals surface area contributed by atoms with Gasteiger partial charge in [-0.1, -0.05) is 57.9 Å². The Morgan fingerprint density at radius 1 is 1.00 bits per heavy atom. The molecule has 0 unspecified atom stereocenters. The Kier molecular flexibility index (Phi) is 9.87. The summed E-state index contributed by atoms with van der Waals surface area (Å²) in [4.78, 5) is 41.1. The number of benzene rings is 4. The van der Waals surface area contributed by atoms with Gasteiger partial charge in [-0.3, -0.25) is 9.59 Å². The van der Waals surface area contributed by atoms with E-state index in [2.05, 4.69) is 53.4 Å². The fourth-order valence-electron chi connectivity index (χ4n) is 4.61. The lowest BCUT2D eigenvalue weighted by atomic mass is 10.0. The molecule has 2 N–H and O–H groups in total. The van der Waals surface area contributed by atoms with Crippen LogP contribution >= 0.6 is 43.5 Å². The van der Waals surface area contributed by atoms with Crippen LogP contribution in [0.15, 0.2) is 86.8 Å². The molecule has 5 aromatic rings. The van der Waals surface area contributed by atoms with Crippen LogP contribution in [-0.4, -0.2) is 36.2 Å². The number of rotatable bonds is 8. The lowest BCUT2D eigenvalue weighted by Crippen LogP contribution is -2.19. The zero-order valence-electron chi connectivity index (χ0n) is 24.0. The molecule has 0 aliphatic rings. The highest BCUT2D eigenvalue weighted by atomic mass is 79.9. The molecule has 10 nitrogen and oxygen atoms in total. The van der Waals surface area contributed by atoms with Crippen LogP contribution in [-0.2, 0) is 4.79 Å². The minimum Gasteiger partial charge on any atom is -0.493 e. The van der Waals surface area contributed by atoms with Gasteiger partial charge in [-0.15, -0.1) is 0 Å². The second kappa shape index (κ2) is 14.0. The van der Waals surface area contributed by atoms with Crippen LogP contribution in [0.2, 0.25) is 5.02 Å². The van der Waals surface area contributed by atoms with E-state index >= 15 is 0 Å². The lowest BCUT2D eigenvalue weighted by Gasteiger charge is -2.12. The molecule has 1 heterocycles. The number of H-pyrrole nitrogens is 1. The fraction of sp³-hybridized carbons (Fsp3) is 0.0606. The van der Waals surface area contributed by atoms with E-state index in [-0.39, 0.29) is 28.5 Å². The van der Waals surface area contributed by atoms with Gasteiger partial charge in [0, 0.05) is 38.5 Å².